The topological polar surface area (TPSA) is 66.9 Å². The fraction of sp³-hybridized carbons (Fsp3) is 0.389. The van der Waals surface area contributed by atoms with E-state index in [4.69, 9.17) is 0 Å². The standard InChI is InChI=1S/C18H22N4O/c23-18(22-14-6-2-1-3-7-14)17-12-15(9-11-20-17)21-13-16-8-4-5-10-19-16/h4-5,8-12,14H,1-3,6-7,13H2,(H,20,21)(H,22,23). The van der Waals surface area contributed by atoms with Crippen LogP contribution in [-0.2, 0) is 6.54 Å². The molecule has 2 N–H and O–H groups in total. The molecule has 120 valence electrons. The van der Waals surface area contributed by atoms with E-state index in [1.807, 2.05) is 24.3 Å². The van der Waals surface area contributed by atoms with Crippen LogP contribution in [0.15, 0.2) is 42.7 Å². The highest BCUT2D eigenvalue weighted by molar-refractivity contribution is 5.93. The van der Waals surface area contributed by atoms with Gasteiger partial charge in [-0.15, -0.1) is 0 Å². The van der Waals surface area contributed by atoms with Crippen molar-refractivity contribution >= 4 is 11.6 Å². The molecule has 0 bridgehead atoms. The molecule has 5 heteroatoms. The minimum atomic E-state index is -0.0848. The largest absolute Gasteiger partial charge is 0.379 e. The Kier molecular flexibility index (Phi) is 5.19. The van der Waals surface area contributed by atoms with E-state index in [0.717, 1.165) is 24.2 Å². The van der Waals surface area contributed by atoms with E-state index in [0.29, 0.717) is 18.3 Å². The highest BCUT2D eigenvalue weighted by Crippen LogP contribution is 2.18. The maximum absolute atomic E-state index is 12.3. The zero-order valence-corrected chi connectivity index (χ0v) is 13.2. The van der Waals surface area contributed by atoms with Crippen LogP contribution in [0.1, 0.15) is 48.3 Å². The molecule has 1 aliphatic carbocycles. The lowest BCUT2D eigenvalue weighted by molar-refractivity contribution is 0.0922. The van der Waals surface area contributed by atoms with Gasteiger partial charge in [-0.3, -0.25) is 14.8 Å². The van der Waals surface area contributed by atoms with Crippen molar-refractivity contribution in [3.63, 3.8) is 0 Å². The van der Waals surface area contributed by atoms with Crippen molar-refractivity contribution in [1.29, 1.82) is 0 Å². The van der Waals surface area contributed by atoms with Gasteiger partial charge in [-0.2, -0.15) is 0 Å². The maximum Gasteiger partial charge on any atom is 0.270 e. The zero-order valence-electron chi connectivity index (χ0n) is 13.2. The molecule has 23 heavy (non-hydrogen) atoms. The number of hydrogen-bond donors (Lipinski definition) is 2. The Hall–Kier alpha value is -2.43. The maximum atomic E-state index is 12.3. The number of aromatic nitrogens is 2. The fourth-order valence-electron chi connectivity index (χ4n) is 2.87. The number of amides is 1. The molecule has 1 fully saturated rings. The summed E-state index contributed by atoms with van der Waals surface area (Å²) in [6.07, 6.45) is 9.25. The van der Waals surface area contributed by atoms with Crippen molar-refractivity contribution in [2.45, 2.75) is 44.7 Å². The summed E-state index contributed by atoms with van der Waals surface area (Å²) in [4.78, 5) is 20.8. The number of pyridine rings is 2. The van der Waals surface area contributed by atoms with Gasteiger partial charge in [0.15, 0.2) is 0 Å². The first-order chi connectivity index (χ1) is 11.3. The lowest BCUT2D eigenvalue weighted by Crippen LogP contribution is -2.36. The molecule has 0 spiro atoms. The third-order valence-corrected chi connectivity index (χ3v) is 4.13. The lowest BCUT2D eigenvalue weighted by Gasteiger charge is -2.22. The molecule has 5 nitrogen and oxygen atoms in total. The highest BCUT2D eigenvalue weighted by atomic mass is 16.1. The van der Waals surface area contributed by atoms with Gasteiger partial charge >= 0.3 is 0 Å². The van der Waals surface area contributed by atoms with Crippen LogP contribution in [0.25, 0.3) is 0 Å². The summed E-state index contributed by atoms with van der Waals surface area (Å²) < 4.78 is 0. The molecular formula is C18H22N4O. The molecule has 1 amide bonds. The van der Waals surface area contributed by atoms with Crippen molar-refractivity contribution in [3.05, 3.63) is 54.1 Å². The number of carbonyl (C=O) groups excluding carboxylic acids is 1. The molecule has 0 atom stereocenters. The van der Waals surface area contributed by atoms with Crippen LogP contribution in [-0.4, -0.2) is 21.9 Å². The number of nitrogens with zero attached hydrogens (tertiary/aromatic N) is 2. The van der Waals surface area contributed by atoms with E-state index < -0.39 is 0 Å². The minimum Gasteiger partial charge on any atom is -0.379 e. The Morgan fingerprint density at radius 1 is 1.09 bits per heavy atom. The van der Waals surface area contributed by atoms with Crippen LogP contribution in [0.5, 0.6) is 0 Å². The van der Waals surface area contributed by atoms with Gasteiger partial charge in [0.1, 0.15) is 5.69 Å². The number of rotatable bonds is 5. The summed E-state index contributed by atoms with van der Waals surface area (Å²) >= 11 is 0. The second kappa shape index (κ2) is 7.72. The first-order valence-corrected chi connectivity index (χ1v) is 8.22. The molecule has 2 aromatic heterocycles. The van der Waals surface area contributed by atoms with Crippen LogP contribution in [0, 0.1) is 0 Å². The summed E-state index contributed by atoms with van der Waals surface area (Å²) in [5.41, 5.74) is 2.29. The number of anilines is 1. The molecule has 2 aromatic rings. The van der Waals surface area contributed by atoms with E-state index in [1.165, 1.54) is 19.3 Å². The number of nitrogens with one attached hydrogen (secondary N) is 2. The normalized spacial score (nSPS) is 15.1. The molecule has 1 aliphatic rings. The van der Waals surface area contributed by atoms with Crippen LogP contribution in [0.4, 0.5) is 5.69 Å². The third kappa shape index (κ3) is 4.52. The van der Waals surface area contributed by atoms with Gasteiger partial charge in [-0.1, -0.05) is 25.3 Å². The fourth-order valence-corrected chi connectivity index (χ4v) is 2.87. The molecule has 0 radical (unpaired) electrons. The Bertz CT molecular complexity index is 638. The van der Waals surface area contributed by atoms with Crippen molar-refractivity contribution in [2.24, 2.45) is 0 Å². The Balaban J connectivity index is 1.59. The molecule has 0 unspecified atom stereocenters. The van der Waals surface area contributed by atoms with Gasteiger partial charge in [0.25, 0.3) is 5.91 Å². The Morgan fingerprint density at radius 2 is 1.96 bits per heavy atom. The molecule has 0 saturated heterocycles. The molecule has 0 aromatic carbocycles. The van der Waals surface area contributed by atoms with Crippen molar-refractivity contribution in [3.8, 4) is 0 Å². The van der Waals surface area contributed by atoms with E-state index in [1.54, 1.807) is 18.5 Å². The highest BCUT2D eigenvalue weighted by Gasteiger charge is 2.17. The predicted octanol–water partition coefficient (Wildman–Crippen LogP) is 3.15. The van der Waals surface area contributed by atoms with Crippen molar-refractivity contribution in [1.82, 2.24) is 15.3 Å². The second-order valence-electron chi connectivity index (χ2n) is 5.91. The summed E-state index contributed by atoms with van der Waals surface area (Å²) in [6.45, 7) is 0.620. The van der Waals surface area contributed by atoms with Crippen molar-refractivity contribution < 1.29 is 4.79 Å². The van der Waals surface area contributed by atoms with E-state index in [-0.39, 0.29) is 5.91 Å². The lowest BCUT2D eigenvalue weighted by atomic mass is 9.95. The van der Waals surface area contributed by atoms with Gasteiger partial charge in [-0.05, 0) is 37.1 Å². The first kappa shape index (κ1) is 15.5. The summed E-state index contributed by atoms with van der Waals surface area (Å²) in [5.74, 6) is -0.0848. The van der Waals surface area contributed by atoms with Crippen LogP contribution >= 0.6 is 0 Å². The van der Waals surface area contributed by atoms with Gasteiger partial charge in [0.2, 0.25) is 0 Å². The average Bonchev–Trinajstić information content (AvgIpc) is 2.62. The Labute approximate surface area is 136 Å². The molecule has 0 aliphatic heterocycles. The van der Waals surface area contributed by atoms with E-state index in [2.05, 4.69) is 20.6 Å². The minimum absolute atomic E-state index is 0.0848. The predicted molar refractivity (Wildman–Crippen MR) is 90.1 cm³/mol. The quantitative estimate of drug-likeness (QED) is 0.890. The SMILES string of the molecule is O=C(NC1CCCCC1)c1cc(NCc2ccccn2)ccn1. The van der Waals surface area contributed by atoms with Gasteiger partial charge < -0.3 is 10.6 Å². The van der Waals surface area contributed by atoms with Crippen molar-refractivity contribution in [2.75, 3.05) is 5.32 Å². The average molecular weight is 310 g/mol. The summed E-state index contributed by atoms with van der Waals surface area (Å²) in [7, 11) is 0. The van der Waals surface area contributed by atoms with E-state index >= 15 is 0 Å². The number of hydrogen-bond acceptors (Lipinski definition) is 4. The van der Waals surface area contributed by atoms with Crippen LogP contribution in [0.2, 0.25) is 0 Å². The second-order valence-corrected chi connectivity index (χ2v) is 5.91. The van der Waals surface area contributed by atoms with Crippen LogP contribution < -0.4 is 10.6 Å². The molecule has 3 rings (SSSR count). The zero-order chi connectivity index (χ0) is 15.9. The smallest absolute Gasteiger partial charge is 0.270 e. The third-order valence-electron chi connectivity index (χ3n) is 4.13. The summed E-state index contributed by atoms with van der Waals surface area (Å²) in [6, 6.07) is 9.76. The van der Waals surface area contributed by atoms with E-state index in [9.17, 15) is 4.79 Å². The van der Waals surface area contributed by atoms with Gasteiger partial charge in [-0.25, -0.2) is 0 Å². The first-order valence-electron chi connectivity index (χ1n) is 8.22. The van der Waals surface area contributed by atoms with Crippen LogP contribution in [0.3, 0.4) is 0 Å². The molecule has 2 heterocycles. The Morgan fingerprint density at radius 3 is 2.74 bits per heavy atom. The monoisotopic (exact) mass is 310 g/mol. The molecule has 1 saturated carbocycles. The van der Waals surface area contributed by atoms with Gasteiger partial charge in [0.05, 0.1) is 12.2 Å². The summed E-state index contributed by atoms with van der Waals surface area (Å²) in [5, 5.41) is 6.37. The van der Waals surface area contributed by atoms with Gasteiger partial charge in [0, 0.05) is 24.1 Å². The number of carbonyl (C=O) groups is 1. The molecular weight excluding hydrogens is 288 g/mol.